The second kappa shape index (κ2) is 8.54. The van der Waals surface area contributed by atoms with Gasteiger partial charge in [-0.3, -0.25) is 0 Å². The first-order chi connectivity index (χ1) is 12.7. The van der Waals surface area contributed by atoms with Crippen LogP contribution in [0.2, 0.25) is 0 Å². The van der Waals surface area contributed by atoms with Crippen molar-refractivity contribution in [3.05, 3.63) is 59.7 Å². The predicted octanol–water partition coefficient (Wildman–Crippen LogP) is 2.76. The van der Waals surface area contributed by atoms with Gasteiger partial charge in [-0.15, -0.1) is 0 Å². The molecule has 3 rings (SSSR count). The molecule has 6 heteroatoms. The summed E-state index contributed by atoms with van der Waals surface area (Å²) in [5.41, 5.74) is 3.02. The molecule has 2 aromatic carbocycles. The number of rotatable bonds is 4. The lowest BCUT2D eigenvalue weighted by molar-refractivity contribution is 0.380. The number of thiocarbonyl (C=S) groups is 1. The molecule has 0 saturated carbocycles. The van der Waals surface area contributed by atoms with Gasteiger partial charge in [0, 0.05) is 38.4 Å². The molecule has 0 spiro atoms. The van der Waals surface area contributed by atoms with E-state index in [1.807, 2.05) is 48.5 Å². The van der Waals surface area contributed by atoms with Gasteiger partial charge in [0.25, 0.3) is 0 Å². The van der Waals surface area contributed by atoms with Gasteiger partial charge in [0.05, 0.1) is 18.7 Å². The molecule has 0 aromatic heterocycles. The minimum absolute atomic E-state index is 0.691. The molecule has 0 atom stereocenters. The summed E-state index contributed by atoms with van der Waals surface area (Å²) in [5.74, 6) is 0.857. The van der Waals surface area contributed by atoms with Gasteiger partial charge in [-0.2, -0.15) is 5.26 Å². The minimum atomic E-state index is 0.691. The zero-order valence-electron chi connectivity index (χ0n) is 14.8. The summed E-state index contributed by atoms with van der Waals surface area (Å²) < 4.78 is 5.17. The average Bonchev–Trinajstić information content (AvgIpc) is 2.72. The molecule has 1 N–H and O–H groups in total. The van der Waals surface area contributed by atoms with Gasteiger partial charge in [0.2, 0.25) is 0 Å². The lowest BCUT2D eigenvalue weighted by atomic mass is 10.2. The third-order valence-corrected chi connectivity index (χ3v) is 4.93. The molecular formula is C20H22N4OS. The normalized spacial score (nSPS) is 13.8. The van der Waals surface area contributed by atoms with E-state index in [4.69, 9.17) is 22.2 Å². The number of nitrogens with zero attached hydrogens (tertiary/aromatic N) is 3. The van der Waals surface area contributed by atoms with Gasteiger partial charge in [0.1, 0.15) is 5.75 Å². The van der Waals surface area contributed by atoms with Gasteiger partial charge in [-0.05, 0) is 54.2 Å². The number of nitriles is 1. The number of benzene rings is 2. The van der Waals surface area contributed by atoms with Gasteiger partial charge in [-0.1, -0.05) is 12.1 Å². The minimum Gasteiger partial charge on any atom is -0.497 e. The highest BCUT2D eigenvalue weighted by molar-refractivity contribution is 7.80. The Balaban J connectivity index is 1.47. The Kier molecular flexibility index (Phi) is 5.92. The summed E-state index contributed by atoms with van der Waals surface area (Å²) in [6.45, 7) is 4.30. The lowest BCUT2D eigenvalue weighted by Gasteiger charge is -2.37. The van der Waals surface area contributed by atoms with E-state index in [0.29, 0.717) is 12.1 Å². The lowest BCUT2D eigenvalue weighted by Crippen LogP contribution is -2.51. The van der Waals surface area contributed by atoms with E-state index in [2.05, 4.69) is 21.2 Å². The van der Waals surface area contributed by atoms with E-state index in [-0.39, 0.29) is 0 Å². The van der Waals surface area contributed by atoms with Crippen molar-refractivity contribution in [2.45, 2.75) is 6.54 Å². The summed E-state index contributed by atoms with van der Waals surface area (Å²) in [6, 6.07) is 17.9. The third kappa shape index (κ3) is 4.44. The van der Waals surface area contributed by atoms with E-state index in [9.17, 15) is 0 Å². The highest BCUT2D eigenvalue weighted by Crippen LogP contribution is 2.17. The number of piperazine rings is 1. The molecule has 5 nitrogen and oxygen atoms in total. The molecule has 0 amide bonds. The Morgan fingerprint density at radius 1 is 1.08 bits per heavy atom. The Morgan fingerprint density at radius 3 is 2.31 bits per heavy atom. The first-order valence-corrected chi connectivity index (χ1v) is 9.01. The maximum atomic E-state index is 8.90. The van der Waals surface area contributed by atoms with Crippen LogP contribution < -0.4 is 15.0 Å². The molecule has 1 aliphatic rings. The van der Waals surface area contributed by atoms with Crippen molar-refractivity contribution in [2.75, 3.05) is 38.2 Å². The van der Waals surface area contributed by atoms with Crippen LogP contribution >= 0.6 is 12.2 Å². The SMILES string of the molecule is COc1ccc(CNC(=S)N2CCN(c3ccc(C#N)cc3)CC2)cc1. The zero-order chi connectivity index (χ0) is 18.4. The van der Waals surface area contributed by atoms with Crippen LogP contribution in [0.4, 0.5) is 5.69 Å². The van der Waals surface area contributed by atoms with E-state index in [0.717, 1.165) is 42.7 Å². The highest BCUT2D eigenvalue weighted by Gasteiger charge is 2.19. The quantitative estimate of drug-likeness (QED) is 0.840. The van der Waals surface area contributed by atoms with Crippen LogP contribution in [0.25, 0.3) is 0 Å². The number of nitrogens with one attached hydrogen (secondary N) is 1. The fourth-order valence-electron chi connectivity index (χ4n) is 2.95. The van der Waals surface area contributed by atoms with Crippen LogP contribution in [0.1, 0.15) is 11.1 Å². The number of hydrogen-bond donors (Lipinski definition) is 1. The molecule has 0 bridgehead atoms. The first-order valence-electron chi connectivity index (χ1n) is 8.60. The first kappa shape index (κ1) is 18.0. The van der Waals surface area contributed by atoms with Crippen LogP contribution in [0.5, 0.6) is 5.75 Å². The van der Waals surface area contributed by atoms with Crippen molar-refractivity contribution in [1.29, 1.82) is 5.26 Å². The monoisotopic (exact) mass is 366 g/mol. The fourth-order valence-corrected chi connectivity index (χ4v) is 3.20. The van der Waals surface area contributed by atoms with E-state index < -0.39 is 0 Å². The van der Waals surface area contributed by atoms with Crippen molar-refractivity contribution in [3.63, 3.8) is 0 Å². The van der Waals surface area contributed by atoms with Crippen molar-refractivity contribution in [3.8, 4) is 11.8 Å². The molecule has 2 aromatic rings. The molecule has 0 aliphatic carbocycles. The van der Waals surface area contributed by atoms with E-state index >= 15 is 0 Å². The number of hydrogen-bond acceptors (Lipinski definition) is 4. The smallest absolute Gasteiger partial charge is 0.169 e. The van der Waals surface area contributed by atoms with Gasteiger partial charge in [0.15, 0.2) is 5.11 Å². The van der Waals surface area contributed by atoms with Crippen LogP contribution in [0.15, 0.2) is 48.5 Å². The number of ether oxygens (including phenoxy) is 1. The predicted molar refractivity (Wildman–Crippen MR) is 107 cm³/mol. The molecule has 0 radical (unpaired) electrons. The summed E-state index contributed by atoms with van der Waals surface area (Å²) in [5, 5.41) is 13.0. The zero-order valence-corrected chi connectivity index (χ0v) is 15.6. The Bertz CT molecular complexity index is 775. The third-order valence-electron chi connectivity index (χ3n) is 4.53. The molecular weight excluding hydrogens is 344 g/mol. The number of anilines is 1. The van der Waals surface area contributed by atoms with Crippen molar-refractivity contribution >= 4 is 23.0 Å². The molecule has 134 valence electrons. The maximum Gasteiger partial charge on any atom is 0.169 e. The summed E-state index contributed by atoms with van der Waals surface area (Å²) in [6.07, 6.45) is 0. The Morgan fingerprint density at radius 2 is 1.73 bits per heavy atom. The second-order valence-corrected chi connectivity index (χ2v) is 6.53. The van der Waals surface area contributed by atoms with Crippen LogP contribution in [-0.4, -0.2) is 43.3 Å². The summed E-state index contributed by atoms with van der Waals surface area (Å²) >= 11 is 5.55. The van der Waals surface area contributed by atoms with Crippen LogP contribution in [0.3, 0.4) is 0 Å². The maximum absolute atomic E-state index is 8.90. The molecule has 1 heterocycles. The average molecular weight is 366 g/mol. The fraction of sp³-hybridized carbons (Fsp3) is 0.300. The Hall–Kier alpha value is -2.78. The van der Waals surface area contributed by atoms with Crippen molar-refractivity contribution < 1.29 is 4.74 Å². The summed E-state index contributed by atoms with van der Waals surface area (Å²) in [4.78, 5) is 4.53. The van der Waals surface area contributed by atoms with Gasteiger partial charge in [-0.25, -0.2) is 0 Å². The summed E-state index contributed by atoms with van der Waals surface area (Å²) in [7, 11) is 1.67. The second-order valence-electron chi connectivity index (χ2n) is 6.14. The molecule has 0 unspecified atom stereocenters. The van der Waals surface area contributed by atoms with Gasteiger partial charge >= 0.3 is 0 Å². The van der Waals surface area contributed by atoms with Crippen LogP contribution in [-0.2, 0) is 6.54 Å². The Labute approximate surface area is 159 Å². The van der Waals surface area contributed by atoms with Crippen LogP contribution in [0, 0.1) is 11.3 Å². The van der Waals surface area contributed by atoms with Crippen molar-refractivity contribution in [2.24, 2.45) is 0 Å². The molecule has 26 heavy (non-hydrogen) atoms. The van der Waals surface area contributed by atoms with Crippen molar-refractivity contribution in [1.82, 2.24) is 10.2 Å². The molecule has 1 saturated heterocycles. The largest absolute Gasteiger partial charge is 0.497 e. The topological polar surface area (TPSA) is 51.5 Å². The molecule has 1 fully saturated rings. The number of methoxy groups -OCH3 is 1. The highest BCUT2D eigenvalue weighted by atomic mass is 32.1. The van der Waals surface area contributed by atoms with Gasteiger partial charge < -0.3 is 19.9 Å². The van der Waals surface area contributed by atoms with E-state index in [1.165, 1.54) is 5.56 Å². The molecule has 1 aliphatic heterocycles. The standard InChI is InChI=1S/C20H22N4OS/c1-25-19-8-4-17(5-9-19)15-22-20(26)24-12-10-23(11-13-24)18-6-2-16(14-21)3-7-18/h2-9H,10-13,15H2,1H3,(H,22,26). The van der Waals surface area contributed by atoms with E-state index in [1.54, 1.807) is 7.11 Å².